The lowest BCUT2D eigenvalue weighted by molar-refractivity contribution is -0.183. The van der Waals surface area contributed by atoms with Gasteiger partial charge < -0.3 is 20.1 Å². The van der Waals surface area contributed by atoms with Crippen molar-refractivity contribution in [2.75, 3.05) is 0 Å². The van der Waals surface area contributed by atoms with Crippen LogP contribution in [0.25, 0.3) is 0 Å². The zero-order valence-electron chi connectivity index (χ0n) is 20.4. The highest BCUT2D eigenvalue weighted by Crippen LogP contribution is 2.89. The SMILES string of the molecule is C[C@@H]1C[C@H](C(=O)O)O[C@H]2C1[C@@]1(C)CC[C@@]34CC35CC[C@H](O)C(C)(C)[C@@H]5CC[C@H]4[C@]1(C)[C@H]2O. The number of carboxylic acid groups (broad SMARTS) is 1. The van der Waals surface area contributed by atoms with Crippen molar-refractivity contribution < 1.29 is 24.9 Å². The van der Waals surface area contributed by atoms with Crippen LogP contribution >= 0.6 is 0 Å². The second-order valence-corrected chi connectivity index (χ2v) is 13.9. The molecule has 32 heavy (non-hydrogen) atoms. The Morgan fingerprint density at radius 3 is 2.28 bits per heavy atom. The predicted molar refractivity (Wildman–Crippen MR) is 120 cm³/mol. The summed E-state index contributed by atoms with van der Waals surface area (Å²) in [4.78, 5) is 11.8. The van der Waals surface area contributed by atoms with Crippen LogP contribution in [0, 0.1) is 50.7 Å². The van der Waals surface area contributed by atoms with E-state index in [2.05, 4.69) is 34.6 Å². The molecule has 0 amide bonds. The summed E-state index contributed by atoms with van der Waals surface area (Å²) in [5.41, 5.74) is 0.286. The summed E-state index contributed by atoms with van der Waals surface area (Å²) in [5.74, 6) is 0.575. The fraction of sp³-hybridized carbons (Fsp3) is 0.963. The van der Waals surface area contributed by atoms with Gasteiger partial charge in [-0.15, -0.1) is 0 Å². The van der Waals surface area contributed by atoms with Gasteiger partial charge in [-0.3, -0.25) is 0 Å². The van der Waals surface area contributed by atoms with Gasteiger partial charge in [0.15, 0.2) is 6.10 Å². The number of aliphatic hydroxyl groups is 2. The Hall–Kier alpha value is -0.650. The average molecular weight is 447 g/mol. The van der Waals surface area contributed by atoms with E-state index < -0.39 is 18.2 Å². The normalized spacial score (nSPS) is 62.1. The average Bonchev–Trinajstić information content (AvgIpc) is 3.36. The Balaban J connectivity index is 1.40. The molecule has 180 valence electrons. The molecule has 2 unspecified atom stereocenters. The number of hydrogen-bond donors (Lipinski definition) is 3. The van der Waals surface area contributed by atoms with E-state index in [1.165, 1.54) is 12.8 Å². The minimum atomic E-state index is -0.895. The van der Waals surface area contributed by atoms with Gasteiger partial charge in [0.2, 0.25) is 0 Å². The van der Waals surface area contributed by atoms with Crippen molar-refractivity contribution in [2.45, 2.75) is 110 Å². The molecule has 12 atom stereocenters. The summed E-state index contributed by atoms with van der Waals surface area (Å²) in [6.45, 7) is 11.5. The van der Waals surface area contributed by atoms with Crippen LogP contribution in [-0.2, 0) is 9.53 Å². The van der Waals surface area contributed by atoms with Gasteiger partial charge in [-0.25, -0.2) is 4.79 Å². The number of carboxylic acids is 1. The summed E-state index contributed by atoms with van der Waals surface area (Å²) in [6, 6.07) is 0. The maximum atomic E-state index is 11.9. The number of rotatable bonds is 1. The molecule has 5 saturated carbocycles. The van der Waals surface area contributed by atoms with Crippen molar-refractivity contribution in [3.8, 4) is 0 Å². The molecule has 0 aromatic rings. The molecular formula is C27H42O5. The van der Waals surface area contributed by atoms with Crippen molar-refractivity contribution in [3.63, 3.8) is 0 Å². The highest BCUT2D eigenvalue weighted by molar-refractivity contribution is 5.72. The molecule has 1 heterocycles. The second-order valence-electron chi connectivity index (χ2n) is 13.9. The van der Waals surface area contributed by atoms with Crippen molar-refractivity contribution in [2.24, 2.45) is 50.7 Å². The minimum absolute atomic E-state index is 0.0315. The second kappa shape index (κ2) is 6.12. The number of carbonyl (C=O) groups is 1. The molecule has 0 aromatic carbocycles. The highest BCUT2D eigenvalue weighted by Gasteiger charge is 2.84. The third kappa shape index (κ3) is 2.13. The van der Waals surface area contributed by atoms with Crippen molar-refractivity contribution >= 4 is 5.97 Å². The first-order valence-electron chi connectivity index (χ1n) is 13.1. The van der Waals surface area contributed by atoms with Gasteiger partial charge in [-0.2, -0.15) is 0 Å². The van der Waals surface area contributed by atoms with E-state index in [1.54, 1.807) is 0 Å². The van der Waals surface area contributed by atoms with Gasteiger partial charge in [-0.05, 0) is 96.7 Å². The van der Waals surface area contributed by atoms with Crippen LogP contribution in [0.5, 0.6) is 0 Å². The van der Waals surface area contributed by atoms with Crippen LogP contribution in [0.4, 0.5) is 0 Å². The standard InChI is InChI=1S/C27H42O5/c1-14-12-15(22(30)31)32-20-19(14)24(4)10-11-27-13-26(27)9-8-18(28)23(2,3)16(26)6-7-17(27)25(24,5)21(20)29/h14-21,28-29H,6-13H2,1-5H3,(H,30,31)/t14-,15-,16+,17+,18+,19?,20+,21+,24-,25-,26?,27+/m1/s1. The predicted octanol–water partition coefficient (Wildman–Crippen LogP) is 4.25. The van der Waals surface area contributed by atoms with E-state index in [1.807, 2.05) is 0 Å². The smallest absolute Gasteiger partial charge is 0.332 e. The van der Waals surface area contributed by atoms with Crippen LogP contribution in [0.15, 0.2) is 0 Å². The maximum Gasteiger partial charge on any atom is 0.332 e. The molecule has 1 saturated heterocycles. The van der Waals surface area contributed by atoms with E-state index in [9.17, 15) is 20.1 Å². The fourth-order valence-corrected chi connectivity index (χ4v) is 11.4. The molecule has 1 aliphatic heterocycles. The summed E-state index contributed by atoms with van der Waals surface area (Å²) < 4.78 is 6.17. The molecule has 5 nitrogen and oxygen atoms in total. The Morgan fingerprint density at radius 1 is 0.938 bits per heavy atom. The Labute approximate surface area is 192 Å². The lowest BCUT2D eigenvalue weighted by Gasteiger charge is -2.63. The zero-order chi connectivity index (χ0) is 23.1. The van der Waals surface area contributed by atoms with E-state index in [0.717, 1.165) is 32.1 Å². The molecule has 6 fully saturated rings. The largest absolute Gasteiger partial charge is 0.479 e. The first-order valence-corrected chi connectivity index (χ1v) is 13.1. The molecule has 0 radical (unpaired) electrons. The Kier molecular flexibility index (Phi) is 4.18. The molecule has 6 rings (SSSR count). The first kappa shape index (κ1) is 21.9. The van der Waals surface area contributed by atoms with Crippen molar-refractivity contribution in [1.29, 1.82) is 0 Å². The molecule has 0 aromatic heterocycles. The van der Waals surface area contributed by atoms with E-state index >= 15 is 0 Å². The molecule has 3 N–H and O–H groups in total. The summed E-state index contributed by atoms with van der Waals surface area (Å²) in [6.07, 6.45) is 6.41. The third-order valence-electron chi connectivity index (χ3n) is 13.1. The zero-order valence-corrected chi connectivity index (χ0v) is 20.4. The Morgan fingerprint density at radius 2 is 1.59 bits per heavy atom. The minimum Gasteiger partial charge on any atom is -0.479 e. The van der Waals surface area contributed by atoms with E-state index in [4.69, 9.17) is 4.74 Å². The van der Waals surface area contributed by atoms with Crippen LogP contribution in [0.3, 0.4) is 0 Å². The quantitative estimate of drug-likeness (QED) is 0.561. The number of aliphatic hydroxyl groups excluding tert-OH is 2. The Bertz CT molecular complexity index is 855. The van der Waals surface area contributed by atoms with Crippen LogP contribution < -0.4 is 0 Å². The maximum absolute atomic E-state index is 11.9. The highest BCUT2D eigenvalue weighted by atomic mass is 16.5. The van der Waals surface area contributed by atoms with Gasteiger partial charge in [0, 0.05) is 5.41 Å². The van der Waals surface area contributed by atoms with Gasteiger partial charge in [-0.1, -0.05) is 34.6 Å². The fourth-order valence-electron chi connectivity index (χ4n) is 11.4. The number of hydrogen-bond acceptors (Lipinski definition) is 4. The van der Waals surface area contributed by atoms with Gasteiger partial charge >= 0.3 is 5.97 Å². The summed E-state index contributed by atoms with van der Waals surface area (Å²) in [7, 11) is 0. The number of ether oxygens (including phenoxy) is 1. The number of aliphatic carboxylic acids is 1. The van der Waals surface area contributed by atoms with Gasteiger partial charge in [0.25, 0.3) is 0 Å². The molecule has 5 heteroatoms. The monoisotopic (exact) mass is 446 g/mol. The van der Waals surface area contributed by atoms with E-state index in [0.29, 0.717) is 23.7 Å². The number of fused-ring (bicyclic) bond motifs is 4. The molecule has 2 spiro atoms. The molecule has 0 bridgehead atoms. The van der Waals surface area contributed by atoms with Crippen LogP contribution in [-0.4, -0.2) is 45.7 Å². The first-order chi connectivity index (χ1) is 14.9. The van der Waals surface area contributed by atoms with E-state index in [-0.39, 0.29) is 45.7 Å². The summed E-state index contributed by atoms with van der Waals surface area (Å²) in [5, 5.41) is 32.4. The molecule has 6 aliphatic rings. The van der Waals surface area contributed by atoms with Gasteiger partial charge in [0.1, 0.15) is 0 Å². The topological polar surface area (TPSA) is 87.0 Å². The van der Waals surface area contributed by atoms with Crippen LogP contribution in [0.1, 0.15) is 86.0 Å². The molecule has 5 aliphatic carbocycles. The third-order valence-corrected chi connectivity index (χ3v) is 13.1. The van der Waals surface area contributed by atoms with Crippen LogP contribution in [0.2, 0.25) is 0 Å². The lowest BCUT2D eigenvalue weighted by atomic mass is 9.41. The van der Waals surface area contributed by atoms with Crippen molar-refractivity contribution in [3.05, 3.63) is 0 Å². The summed E-state index contributed by atoms with van der Waals surface area (Å²) >= 11 is 0. The van der Waals surface area contributed by atoms with Gasteiger partial charge in [0.05, 0.1) is 18.3 Å². The lowest BCUT2D eigenvalue weighted by Crippen LogP contribution is -2.59. The molecular weight excluding hydrogens is 404 g/mol. The van der Waals surface area contributed by atoms with Crippen molar-refractivity contribution in [1.82, 2.24) is 0 Å².